The minimum atomic E-state index is -0.348. The predicted molar refractivity (Wildman–Crippen MR) is 83.9 cm³/mol. The first-order valence-electron chi connectivity index (χ1n) is 5.71. The highest BCUT2D eigenvalue weighted by atomic mass is 79.9. The molecular weight excluding hydrogens is 344 g/mol. The molecule has 2 rings (SSSR count). The van der Waals surface area contributed by atoms with E-state index in [1.807, 2.05) is 13.0 Å². The van der Waals surface area contributed by atoms with Crippen LogP contribution in [0, 0.1) is 6.92 Å². The van der Waals surface area contributed by atoms with Crippen molar-refractivity contribution in [1.82, 2.24) is 4.98 Å². The summed E-state index contributed by atoms with van der Waals surface area (Å²) in [7, 11) is 0. The molecule has 5 nitrogen and oxygen atoms in total. The summed E-state index contributed by atoms with van der Waals surface area (Å²) in [5.74, 6) is 5.29. The van der Waals surface area contributed by atoms with Crippen LogP contribution in [0.15, 0.2) is 34.9 Å². The number of nitrogens with two attached hydrogens (primary N) is 1. The Bertz CT molecular complexity index is 663. The van der Waals surface area contributed by atoms with Crippen LogP contribution in [0.1, 0.15) is 15.9 Å². The highest BCUT2D eigenvalue weighted by Crippen LogP contribution is 2.25. The number of hydrazine groups is 1. The largest absolute Gasteiger partial charge is 0.321 e. The van der Waals surface area contributed by atoms with Crippen LogP contribution in [0.5, 0.6) is 0 Å². The molecule has 0 bridgehead atoms. The number of nitrogens with zero attached hydrogens (tertiary/aromatic N) is 1. The molecule has 2 aromatic rings. The zero-order valence-electron chi connectivity index (χ0n) is 10.6. The van der Waals surface area contributed by atoms with Crippen LogP contribution in [0.4, 0.5) is 11.5 Å². The summed E-state index contributed by atoms with van der Waals surface area (Å²) in [6.45, 7) is 1.92. The minimum Gasteiger partial charge on any atom is -0.321 e. The summed E-state index contributed by atoms with van der Waals surface area (Å²) in [5.41, 5.74) is 4.24. The van der Waals surface area contributed by atoms with Gasteiger partial charge in [0.25, 0.3) is 5.91 Å². The molecule has 20 heavy (non-hydrogen) atoms. The van der Waals surface area contributed by atoms with Crippen LogP contribution in [0.2, 0.25) is 5.02 Å². The van der Waals surface area contributed by atoms with Gasteiger partial charge >= 0.3 is 0 Å². The first-order valence-corrected chi connectivity index (χ1v) is 6.88. The summed E-state index contributed by atoms with van der Waals surface area (Å²) in [5, 5.41) is 3.21. The monoisotopic (exact) mass is 354 g/mol. The van der Waals surface area contributed by atoms with Gasteiger partial charge in [0.1, 0.15) is 0 Å². The molecule has 1 amide bonds. The number of rotatable bonds is 3. The Balaban J connectivity index is 2.32. The van der Waals surface area contributed by atoms with E-state index in [1.165, 1.54) is 0 Å². The first kappa shape index (κ1) is 14.8. The van der Waals surface area contributed by atoms with E-state index in [9.17, 15) is 4.79 Å². The van der Waals surface area contributed by atoms with Crippen LogP contribution in [0.25, 0.3) is 0 Å². The zero-order chi connectivity index (χ0) is 14.7. The molecule has 4 N–H and O–H groups in total. The number of aryl methyl sites for hydroxylation is 1. The molecule has 0 fully saturated rings. The number of carbonyl (C=O) groups is 1. The number of anilines is 2. The number of pyridine rings is 1. The van der Waals surface area contributed by atoms with E-state index in [1.54, 1.807) is 24.4 Å². The lowest BCUT2D eigenvalue weighted by atomic mass is 10.2. The van der Waals surface area contributed by atoms with Gasteiger partial charge in [-0.25, -0.2) is 10.8 Å². The Labute approximate surface area is 129 Å². The quantitative estimate of drug-likeness (QED) is 0.583. The SMILES string of the molecule is Cc1ccc(Cl)c(NC(=O)c2cc(Br)cnc2NN)c1. The molecule has 0 radical (unpaired) electrons. The van der Waals surface area contributed by atoms with Crippen LogP contribution >= 0.6 is 27.5 Å². The summed E-state index contributed by atoms with van der Waals surface area (Å²) >= 11 is 9.32. The second-order valence-electron chi connectivity index (χ2n) is 4.13. The van der Waals surface area contributed by atoms with Crippen molar-refractivity contribution in [2.75, 3.05) is 10.7 Å². The van der Waals surface area contributed by atoms with Crippen molar-refractivity contribution < 1.29 is 4.79 Å². The molecule has 0 atom stereocenters. The fourth-order valence-corrected chi connectivity index (χ4v) is 2.15. The third-order valence-electron chi connectivity index (χ3n) is 2.61. The molecule has 0 saturated heterocycles. The molecule has 104 valence electrons. The fraction of sp³-hybridized carbons (Fsp3) is 0.0769. The van der Waals surface area contributed by atoms with Gasteiger partial charge in [-0.2, -0.15) is 0 Å². The van der Waals surface area contributed by atoms with Crippen molar-refractivity contribution in [3.05, 3.63) is 51.1 Å². The maximum Gasteiger partial charge on any atom is 0.259 e. The second kappa shape index (κ2) is 6.21. The molecule has 0 aliphatic rings. The van der Waals surface area contributed by atoms with Crippen LogP contribution < -0.4 is 16.6 Å². The normalized spacial score (nSPS) is 10.2. The third kappa shape index (κ3) is 3.27. The van der Waals surface area contributed by atoms with Gasteiger partial charge < -0.3 is 10.7 Å². The number of nitrogens with one attached hydrogen (secondary N) is 2. The summed E-state index contributed by atoms with van der Waals surface area (Å²) in [4.78, 5) is 16.3. The first-order chi connectivity index (χ1) is 9.51. The van der Waals surface area contributed by atoms with E-state index in [2.05, 4.69) is 31.7 Å². The van der Waals surface area contributed by atoms with Gasteiger partial charge in [-0.05, 0) is 46.6 Å². The lowest BCUT2D eigenvalue weighted by molar-refractivity contribution is 0.102. The smallest absolute Gasteiger partial charge is 0.259 e. The Morgan fingerprint density at radius 3 is 2.85 bits per heavy atom. The molecular formula is C13H12BrClN4O. The maximum absolute atomic E-state index is 12.3. The summed E-state index contributed by atoms with van der Waals surface area (Å²) in [6.07, 6.45) is 1.55. The second-order valence-corrected chi connectivity index (χ2v) is 5.45. The van der Waals surface area contributed by atoms with Crippen molar-refractivity contribution in [2.24, 2.45) is 5.84 Å². The van der Waals surface area contributed by atoms with Crippen molar-refractivity contribution in [1.29, 1.82) is 0 Å². The molecule has 0 saturated carbocycles. The zero-order valence-corrected chi connectivity index (χ0v) is 12.9. The summed E-state index contributed by atoms with van der Waals surface area (Å²) in [6, 6.07) is 7.02. The number of hydrogen-bond donors (Lipinski definition) is 3. The number of aromatic nitrogens is 1. The molecule has 0 unspecified atom stereocenters. The molecule has 1 aromatic heterocycles. The van der Waals surface area contributed by atoms with Crippen molar-refractivity contribution >= 4 is 44.9 Å². The van der Waals surface area contributed by atoms with E-state index in [-0.39, 0.29) is 11.7 Å². The Hall–Kier alpha value is -1.63. The van der Waals surface area contributed by atoms with Crippen molar-refractivity contribution in [2.45, 2.75) is 6.92 Å². The average molecular weight is 356 g/mol. The average Bonchev–Trinajstić information content (AvgIpc) is 2.42. The molecule has 7 heteroatoms. The molecule has 1 aromatic carbocycles. The van der Waals surface area contributed by atoms with Gasteiger partial charge in [-0.1, -0.05) is 17.7 Å². The lowest BCUT2D eigenvalue weighted by Crippen LogP contribution is -2.18. The highest BCUT2D eigenvalue weighted by molar-refractivity contribution is 9.10. The molecule has 0 aliphatic carbocycles. The fourth-order valence-electron chi connectivity index (χ4n) is 1.65. The third-order valence-corrected chi connectivity index (χ3v) is 3.37. The molecule has 0 aliphatic heterocycles. The van der Waals surface area contributed by atoms with Crippen LogP contribution in [-0.2, 0) is 0 Å². The van der Waals surface area contributed by atoms with Crippen molar-refractivity contribution in [3.8, 4) is 0 Å². The lowest BCUT2D eigenvalue weighted by Gasteiger charge is -2.11. The van der Waals surface area contributed by atoms with Gasteiger partial charge in [-0.15, -0.1) is 0 Å². The maximum atomic E-state index is 12.3. The van der Waals surface area contributed by atoms with Gasteiger partial charge in [0.2, 0.25) is 0 Å². The standard InChI is InChI=1S/C13H12BrClN4O/c1-7-2-3-10(15)11(4-7)18-13(20)9-5-8(14)6-17-12(9)19-16/h2-6H,16H2,1H3,(H,17,19)(H,18,20). The van der Waals surface area contributed by atoms with E-state index in [0.29, 0.717) is 20.7 Å². The number of amides is 1. The Morgan fingerprint density at radius 1 is 1.40 bits per heavy atom. The van der Waals surface area contributed by atoms with Gasteiger partial charge in [0.15, 0.2) is 5.82 Å². The number of hydrogen-bond acceptors (Lipinski definition) is 4. The number of carbonyl (C=O) groups excluding carboxylic acids is 1. The van der Waals surface area contributed by atoms with Gasteiger partial charge in [0.05, 0.1) is 16.3 Å². The van der Waals surface area contributed by atoms with E-state index < -0.39 is 0 Å². The van der Waals surface area contributed by atoms with Gasteiger partial charge in [-0.3, -0.25) is 4.79 Å². The number of halogens is 2. The minimum absolute atomic E-state index is 0.287. The van der Waals surface area contributed by atoms with E-state index >= 15 is 0 Å². The number of benzene rings is 1. The Morgan fingerprint density at radius 2 is 2.15 bits per heavy atom. The van der Waals surface area contributed by atoms with Crippen LogP contribution in [-0.4, -0.2) is 10.9 Å². The highest BCUT2D eigenvalue weighted by Gasteiger charge is 2.14. The van der Waals surface area contributed by atoms with E-state index in [4.69, 9.17) is 17.4 Å². The van der Waals surface area contributed by atoms with E-state index in [0.717, 1.165) is 5.56 Å². The van der Waals surface area contributed by atoms with Gasteiger partial charge in [0, 0.05) is 10.7 Å². The van der Waals surface area contributed by atoms with Crippen LogP contribution in [0.3, 0.4) is 0 Å². The molecule has 0 spiro atoms. The van der Waals surface area contributed by atoms with Crippen molar-refractivity contribution in [3.63, 3.8) is 0 Å². The Kier molecular flexibility index (Phi) is 4.59. The molecule has 1 heterocycles. The topological polar surface area (TPSA) is 80.0 Å². The number of nitrogen functional groups attached to an aromatic ring is 1. The predicted octanol–water partition coefficient (Wildman–Crippen LogP) is 3.34. The summed E-state index contributed by atoms with van der Waals surface area (Å²) < 4.78 is 0.678.